The van der Waals surface area contributed by atoms with E-state index < -0.39 is 6.10 Å². The molecule has 0 amide bonds. The van der Waals surface area contributed by atoms with Crippen LogP contribution in [-0.2, 0) is 17.6 Å². The second-order valence-corrected chi connectivity index (χ2v) is 6.07. The van der Waals surface area contributed by atoms with Gasteiger partial charge in [-0.3, -0.25) is 0 Å². The first-order chi connectivity index (χ1) is 10.8. The lowest BCUT2D eigenvalue weighted by Crippen LogP contribution is -2.26. The smallest absolute Gasteiger partial charge is 0.134 e. The van der Waals surface area contributed by atoms with E-state index in [4.69, 9.17) is 14.7 Å². The number of fused-ring (bicyclic) bond motifs is 1. The van der Waals surface area contributed by atoms with Gasteiger partial charge in [-0.1, -0.05) is 0 Å². The number of nitrogens with one attached hydrogen (secondary N) is 2. The molecule has 0 saturated heterocycles. The van der Waals surface area contributed by atoms with E-state index in [1.165, 1.54) is 24.1 Å². The molecule has 8 heteroatoms. The van der Waals surface area contributed by atoms with Gasteiger partial charge in [0.2, 0.25) is 0 Å². The molecule has 1 saturated carbocycles. The van der Waals surface area contributed by atoms with E-state index in [1.807, 2.05) is 6.92 Å². The van der Waals surface area contributed by atoms with Crippen LogP contribution in [0.25, 0.3) is 0 Å². The number of anilines is 1. The summed E-state index contributed by atoms with van der Waals surface area (Å²) in [6.07, 6.45) is 3.77. The van der Waals surface area contributed by atoms with Crippen molar-refractivity contribution in [2.75, 3.05) is 38.2 Å². The summed E-state index contributed by atoms with van der Waals surface area (Å²) in [7, 11) is 0. The third-order valence-corrected chi connectivity index (χ3v) is 4.16. The monoisotopic (exact) mass is 378 g/mol. The number of aromatic nitrogens is 2. The molecule has 1 aliphatic heterocycles. The van der Waals surface area contributed by atoms with Crippen LogP contribution in [0.1, 0.15) is 42.8 Å². The topological polar surface area (TPSA) is 79.3 Å². The Hall–Kier alpha value is -0.660. The van der Waals surface area contributed by atoms with Gasteiger partial charge in [-0.25, -0.2) is 9.97 Å². The van der Waals surface area contributed by atoms with Gasteiger partial charge in [-0.2, -0.15) is 0 Å². The quantitative estimate of drug-likeness (QED) is 0.669. The number of halogens is 2. The molecular weight excluding hydrogens is 351 g/mol. The molecule has 1 unspecified atom stereocenters. The molecule has 138 valence electrons. The van der Waals surface area contributed by atoms with Crippen molar-refractivity contribution < 1.29 is 9.84 Å². The fourth-order valence-electron chi connectivity index (χ4n) is 2.76. The number of aliphatic hydroxyl groups is 1. The van der Waals surface area contributed by atoms with Gasteiger partial charge in [-0.15, -0.1) is 24.8 Å². The number of rotatable bonds is 7. The summed E-state index contributed by atoms with van der Waals surface area (Å²) >= 11 is 0. The Kier molecular flexibility index (Phi) is 9.23. The molecule has 1 atom stereocenters. The number of nitrogens with zero attached hydrogens (tertiary/aromatic N) is 2. The van der Waals surface area contributed by atoms with Crippen LogP contribution in [0.15, 0.2) is 0 Å². The minimum absolute atomic E-state index is 0. The first-order valence-corrected chi connectivity index (χ1v) is 8.38. The number of hydrogen-bond acceptors (Lipinski definition) is 6. The summed E-state index contributed by atoms with van der Waals surface area (Å²) in [5.74, 6) is 2.42. The Balaban J connectivity index is 0.00000144. The summed E-state index contributed by atoms with van der Waals surface area (Å²) in [4.78, 5) is 9.53. The van der Waals surface area contributed by atoms with Crippen molar-refractivity contribution >= 4 is 30.6 Å². The molecule has 1 fully saturated rings. The van der Waals surface area contributed by atoms with E-state index in [0.717, 1.165) is 37.6 Å². The minimum Gasteiger partial charge on any atom is -0.389 e. The average molecular weight is 379 g/mol. The zero-order valence-corrected chi connectivity index (χ0v) is 15.7. The van der Waals surface area contributed by atoms with Gasteiger partial charge in [0, 0.05) is 37.6 Å². The lowest BCUT2D eigenvalue weighted by atomic mass is 10.1. The van der Waals surface area contributed by atoms with Crippen LogP contribution in [-0.4, -0.2) is 54.0 Å². The van der Waals surface area contributed by atoms with Crippen LogP contribution in [0.3, 0.4) is 0 Å². The van der Waals surface area contributed by atoms with Gasteiger partial charge in [0.05, 0.1) is 18.4 Å². The maximum absolute atomic E-state index is 9.95. The highest BCUT2D eigenvalue weighted by Gasteiger charge is 2.29. The molecule has 24 heavy (non-hydrogen) atoms. The third kappa shape index (κ3) is 5.70. The molecule has 0 radical (unpaired) electrons. The van der Waals surface area contributed by atoms with Crippen LogP contribution in [0.5, 0.6) is 0 Å². The molecule has 0 bridgehead atoms. The summed E-state index contributed by atoms with van der Waals surface area (Å²) < 4.78 is 5.26. The molecule has 1 aromatic rings. The summed E-state index contributed by atoms with van der Waals surface area (Å²) in [6, 6.07) is 0. The molecular formula is C16H28Cl2N4O2. The summed E-state index contributed by atoms with van der Waals surface area (Å²) in [5, 5.41) is 16.7. The van der Waals surface area contributed by atoms with E-state index in [2.05, 4.69) is 10.6 Å². The van der Waals surface area contributed by atoms with E-state index in [9.17, 15) is 5.11 Å². The Morgan fingerprint density at radius 1 is 1.25 bits per heavy atom. The zero-order chi connectivity index (χ0) is 15.4. The maximum Gasteiger partial charge on any atom is 0.134 e. The molecule has 1 aromatic heterocycles. The summed E-state index contributed by atoms with van der Waals surface area (Å²) in [6.45, 7) is 5.29. The molecule has 2 aliphatic rings. The van der Waals surface area contributed by atoms with Gasteiger partial charge >= 0.3 is 0 Å². The number of ether oxygens (including phenoxy) is 1. The van der Waals surface area contributed by atoms with E-state index in [0.29, 0.717) is 25.7 Å². The summed E-state index contributed by atoms with van der Waals surface area (Å²) in [5.41, 5.74) is 2.38. The highest BCUT2D eigenvalue weighted by atomic mass is 35.5. The SMILES string of the molecule is CCOCC(O)CNc1nc(C2CC2)nc2c1CCNCC2.Cl.Cl. The largest absolute Gasteiger partial charge is 0.389 e. The fraction of sp³-hybridized carbons (Fsp3) is 0.750. The first kappa shape index (κ1) is 21.4. The Bertz CT molecular complexity index is 515. The van der Waals surface area contributed by atoms with Crippen molar-refractivity contribution in [1.82, 2.24) is 15.3 Å². The highest BCUT2D eigenvalue weighted by molar-refractivity contribution is 5.85. The Labute approximate surface area is 156 Å². The van der Waals surface area contributed by atoms with Crippen LogP contribution in [0.2, 0.25) is 0 Å². The van der Waals surface area contributed by atoms with Gasteiger partial charge in [0.25, 0.3) is 0 Å². The minimum atomic E-state index is -0.515. The molecule has 1 aliphatic carbocycles. The normalized spacial score (nSPS) is 17.8. The molecule has 6 nitrogen and oxygen atoms in total. The number of hydrogen-bond donors (Lipinski definition) is 3. The molecule has 3 N–H and O–H groups in total. The molecule has 3 rings (SSSR count). The van der Waals surface area contributed by atoms with Crippen LogP contribution >= 0.6 is 24.8 Å². The number of aliphatic hydroxyl groups excluding tert-OH is 1. The van der Waals surface area contributed by atoms with E-state index in [1.54, 1.807) is 0 Å². The van der Waals surface area contributed by atoms with Crippen molar-refractivity contribution in [1.29, 1.82) is 0 Å². The average Bonchev–Trinajstić information content (AvgIpc) is 3.36. The van der Waals surface area contributed by atoms with Gasteiger partial charge in [0.1, 0.15) is 11.6 Å². The maximum atomic E-state index is 9.95. The van der Waals surface area contributed by atoms with Crippen molar-refractivity contribution in [3.05, 3.63) is 17.1 Å². The Morgan fingerprint density at radius 3 is 2.71 bits per heavy atom. The van der Waals surface area contributed by atoms with Gasteiger partial charge in [-0.05, 0) is 32.7 Å². The van der Waals surface area contributed by atoms with Gasteiger partial charge in [0.15, 0.2) is 0 Å². The second kappa shape index (κ2) is 10.4. The van der Waals surface area contributed by atoms with Gasteiger partial charge < -0.3 is 20.5 Å². The van der Waals surface area contributed by atoms with Crippen LogP contribution < -0.4 is 10.6 Å². The molecule has 0 aromatic carbocycles. The molecule has 0 spiro atoms. The first-order valence-electron chi connectivity index (χ1n) is 8.38. The van der Waals surface area contributed by atoms with Crippen molar-refractivity contribution in [2.24, 2.45) is 0 Å². The Morgan fingerprint density at radius 2 is 2.00 bits per heavy atom. The predicted molar refractivity (Wildman–Crippen MR) is 99.8 cm³/mol. The fourth-order valence-corrected chi connectivity index (χ4v) is 2.76. The van der Waals surface area contributed by atoms with Crippen molar-refractivity contribution in [3.63, 3.8) is 0 Å². The highest BCUT2D eigenvalue weighted by Crippen LogP contribution is 2.39. The molecule has 2 heterocycles. The van der Waals surface area contributed by atoms with Crippen LogP contribution in [0.4, 0.5) is 5.82 Å². The van der Waals surface area contributed by atoms with Crippen molar-refractivity contribution in [3.8, 4) is 0 Å². The second-order valence-electron chi connectivity index (χ2n) is 6.07. The lowest BCUT2D eigenvalue weighted by Gasteiger charge is -2.17. The van der Waals surface area contributed by atoms with Crippen molar-refractivity contribution in [2.45, 2.75) is 44.6 Å². The standard InChI is InChI=1S/C16H26N4O2.2ClH/c1-2-22-10-12(21)9-18-16-13-5-7-17-8-6-14(13)19-15(20-16)11-3-4-11;;/h11-12,17,21H,2-10H2,1H3,(H,18,19,20);2*1H. The zero-order valence-electron chi connectivity index (χ0n) is 14.1. The lowest BCUT2D eigenvalue weighted by molar-refractivity contribution is 0.0495. The van der Waals surface area contributed by atoms with E-state index >= 15 is 0 Å². The van der Waals surface area contributed by atoms with E-state index in [-0.39, 0.29) is 24.8 Å². The van der Waals surface area contributed by atoms with Crippen LogP contribution in [0, 0.1) is 0 Å². The predicted octanol–water partition coefficient (Wildman–Crippen LogP) is 1.70. The third-order valence-electron chi connectivity index (χ3n) is 4.16.